The van der Waals surface area contributed by atoms with E-state index < -0.39 is 6.10 Å². The SMILES string of the molecule is OCC1CC(Nc2nc(NCC3CC3)ncc2-c2nc3ccccc3s2)CC1O. The highest BCUT2D eigenvalue weighted by Crippen LogP contribution is 2.36. The van der Waals surface area contributed by atoms with Gasteiger partial charge in [-0.25, -0.2) is 9.97 Å². The first kappa shape index (κ1) is 18.7. The quantitative estimate of drug-likeness (QED) is 0.474. The predicted octanol–water partition coefficient (Wildman–Crippen LogP) is 3.12. The van der Waals surface area contributed by atoms with E-state index in [0.717, 1.165) is 39.1 Å². The standard InChI is InChI=1S/C21H25N5O2S/c27-11-13-7-14(8-17(13)28)24-19-15(10-23-21(26-19)22-9-12-5-6-12)20-25-16-3-1-2-4-18(16)29-20/h1-4,10,12-14,17,27-28H,5-9,11H2,(H2,22,23,24,26). The number of benzene rings is 1. The van der Waals surface area contributed by atoms with Crippen LogP contribution in [0.25, 0.3) is 20.8 Å². The lowest BCUT2D eigenvalue weighted by molar-refractivity contribution is 0.0908. The highest BCUT2D eigenvalue weighted by molar-refractivity contribution is 7.21. The molecule has 0 radical (unpaired) electrons. The zero-order valence-corrected chi connectivity index (χ0v) is 16.9. The molecule has 2 aliphatic carbocycles. The van der Waals surface area contributed by atoms with Gasteiger partial charge in [-0.3, -0.25) is 0 Å². The summed E-state index contributed by atoms with van der Waals surface area (Å²) < 4.78 is 1.13. The van der Waals surface area contributed by atoms with E-state index in [9.17, 15) is 10.2 Å². The topological polar surface area (TPSA) is 103 Å². The van der Waals surface area contributed by atoms with Crippen molar-refractivity contribution < 1.29 is 10.2 Å². The lowest BCUT2D eigenvalue weighted by Crippen LogP contribution is -2.19. The third kappa shape index (κ3) is 4.05. The van der Waals surface area contributed by atoms with E-state index in [1.165, 1.54) is 12.8 Å². The van der Waals surface area contributed by atoms with Crippen LogP contribution in [0.4, 0.5) is 11.8 Å². The average molecular weight is 412 g/mol. The highest BCUT2D eigenvalue weighted by atomic mass is 32.1. The molecular weight excluding hydrogens is 386 g/mol. The van der Waals surface area contributed by atoms with E-state index in [4.69, 9.17) is 9.97 Å². The van der Waals surface area contributed by atoms with Crippen molar-refractivity contribution in [2.75, 3.05) is 23.8 Å². The Labute approximate surface area is 173 Å². The molecule has 152 valence electrons. The van der Waals surface area contributed by atoms with Gasteiger partial charge in [0.05, 0.1) is 21.9 Å². The Morgan fingerprint density at radius 3 is 2.76 bits per heavy atom. The number of anilines is 2. The molecule has 5 rings (SSSR count). The summed E-state index contributed by atoms with van der Waals surface area (Å²) in [6, 6.07) is 8.13. The molecule has 8 heteroatoms. The van der Waals surface area contributed by atoms with Gasteiger partial charge in [0.25, 0.3) is 0 Å². The van der Waals surface area contributed by atoms with Crippen LogP contribution in [0.5, 0.6) is 0 Å². The van der Waals surface area contributed by atoms with Crippen LogP contribution >= 0.6 is 11.3 Å². The van der Waals surface area contributed by atoms with Crippen molar-refractivity contribution in [1.82, 2.24) is 15.0 Å². The smallest absolute Gasteiger partial charge is 0.224 e. The molecule has 2 aromatic heterocycles. The molecule has 2 saturated carbocycles. The van der Waals surface area contributed by atoms with Crippen LogP contribution in [0.2, 0.25) is 0 Å². The summed E-state index contributed by atoms with van der Waals surface area (Å²) in [4.78, 5) is 14.0. The third-order valence-corrected chi connectivity index (χ3v) is 6.86. The monoisotopic (exact) mass is 411 g/mol. The number of fused-ring (bicyclic) bond motifs is 1. The van der Waals surface area contributed by atoms with Gasteiger partial charge in [0.15, 0.2) is 0 Å². The van der Waals surface area contributed by atoms with Crippen molar-refractivity contribution in [3.8, 4) is 10.6 Å². The van der Waals surface area contributed by atoms with Crippen molar-refractivity contribution in [2.24, 2.45) is 11.8 Å². The molecule has 0 amide bonds. The number of nitrogens with zero attached hydrogens (tertiary/aromatic N) is 3. The molecule has 7 nitrogen and oxygen atoms in total. The largest absolute Gasteiger partial charge is 0.396 e. The minimum atomic E-state index is -0.488. The van der Waals surface area contributed by atoms with Crippen molar-refractivity contribution in [1.29, 1.82) is 0 Å². The first-order chi connectivity index (χ1) is 14.2. The molecule has 0 saturated heterocycles. The Balaban J connectivity index is 1.45. The number of aliphatic hydroxyl groups is 2. The summed E-state index contributed by atoms with van der Waals surface area (Å²) >= 11 is 1.62. The second kappa shape index (κ2) is 7.85. The fourth-order valence-corrected chi connectivity index (χ4v) is 4.87. The summed E-state index contributed by atoms with van der Waals surface area (Å²) in [6.07, 6.45) is 5.19. The van der Waals surface area contributed by atoms with Gasteiger partial charge in [-0.05, 0) is 43.7 Å². The molecule has 2 fully saturated rings. The van der Waals surface area contributed by atoms with E-state index in [1.807, 2.05) is 24.4 Å². The van der Waals surface area contributed by atoms with Crippen molar-refractivity contribution in [3.05, 3.63) is 30.5 Å². The van der Waals surface area contributed by atoms with Crippen LogP contribution in [0.1, 0.15) is 25.7 Å². The fourth-order valence-electron chi connectivity index (χ4n) is 3.89. The molecule has 1 aromatic carbocycles. The molecule has 3 atom stereocenters. The summed E-state index contributed by atoms with van der Waals surface area (Å²) in [5.74, 6) is 1.98. The Morgan fingerprint density at radius 2 is 2.00 bits per heavy atom. The number of thiazole rings is 1. The number of hydrogen-bond donors (Lipinski definition) is 4. The molecule has 2 heterocycles. The van der Waals surface area contributed by atoms with E-state index in [2.05, 4.69) is 21.7 Å². The molecular formula is C21H25N5O2S. The van der Waals surface area contributed by atoms with Crippen molar-refractivity contribution in [3.63, 3.8) is 0 Å². The summed E-state index contributed by atoms with van der Waals surface area (Å²) in [6.45, 7) is 0.899. The van der Waals surface area contributed by atoms with Gasteiger partial charge >= 0.3 is 0 Å². The molecule has 0 spiro atoms. The Morgan fingerprint density at radius 1 is 1.14 bits per heavy atom. The summed E-state index contributed by atoms with van der Waals surface area (Å²) in [5.41, 5.74) is 1.83. The van der Waals surface area contributed by atoms with Gasteiger partial charge in [-0.15, -0.1) is 11.3 Å². The van der Waals surface area contributed by atoms with Crippen LogP contribution < -0.4 is 10.6 Å². The summed E-state index contributed by atoms with van der Waals surface area (Å²) in [7, 11) is 0. The fraction of sp³-hybridized carbons (Fsp3) is 0.476. The van der Waals surface area contributed by atoms with Gasteiger partial charge in [-0.2, -0.15) is 4.98 Å². The maximum atomic E-state index is 10.2. The van der Waals surface area contributed by atoms with E-state index in [0.29, 0.717) is 18.8 Å². The van der Waals surface area contributed by atoms with Crippen LogP contribution in [-0.4, -0.2) is 50.5 Å². The molecule has 2 aliphatic rings. The number of rotatable bonds is 7. The average Bonchev–Trinajstić information content (AvgIpc) is 3.35. The Hall–Kier alpha value is -2.29. The number of aromatic nitrogens is 3. The number of nitrogens with one attached hydrogen (secondary N) is 2. The molecule has 29 heavy (non-hydrogen) atoms. The predicted molar refractivity (Wildman–Crippen MR) is 115 cm³/mol. The first-order valence-electron chi connectivity index (χ1n) is 10.2. The number of para-hydroxylation sites is 1. The van der Waals surface area contributed by atoms with Gasteiger partial charge < -0.3 is 20.8 Å². The van der Waals surface area contributed by atoms with Crippen LogP contribution in [-0.2, 0) is 0 Å². The van der Waals surface area contributed by atoms with Crippen molar-refractivity contribution >= 4 is 33.3 Å². The van der Waals surface area contributed by atoms with Gasteiger partial charge in [-0.1, -0.05) is 12.1 Å². The highest BCUT2D eigenvalue weighted by Gasteiger charge is 2.33. The molecule has 0 bridgehead atoms. The number of aliphatic hydroxyl groups excluding tert-OH is 2. The lowest BCUT2D eigenvalue weighted by Gasteiger charge is -2.16. The van der Waals surface area contributed by atoms with Crippen LogP contribution in [0.15, 0.2) is 30.5 Å². The van der Waals surface area contributed by atoms with Gasteiger partial charge in [0.1, 0.15) is 10.8 Å². The van der Waals surface area contributed by atoms with Gasteiger partial charge in [0.2, 0.25) is 5.95 Å². The lowest BCUT2D eigenvalue weighted by atomic mass is 10.1. The minimum Gasteiger partial charge on any atom is -0.396 e. The van der Waals surface area contributed by atoms with E-state index in [1.54, 1.807) is 11.3 Å². The third-order valence-electron chi connectivity index (χ3n) is 5.79. The second-order valence-electron chi connectivity index (χ2n) is 8.09. The first-order valence-corrected chi connectivity index (χ1v) is 11.0. The molecule has 0 aliphatic heterocycles. The van der Waals surface area contributed by atoms with Crippen molar-refractivity contribution in [2.45, 2.75) is 37.8 Å². The van der Waals surface area contributed by atoms with Crippen LogP contribution in [0.3, 0.4) is 0 Å². The van der Waals surface area contributed by atoms with E-state index in [-0.39, 0.29) is 18.6 Å². The van der Waals surface area contributed by atoms with E-state index >= 15 is 0 Å². The molecule has 4 N–H and O–H groups in total. The summed E-state index contributed by atoms with van der Waals surface area (Å²) in [5, 5.41) is 27.4. The maximum absolute atomic E-state index is 10.2. The molecule has 3 unspecified atom stereocenters. The Bertz CT molecular complexity index is 973. The molecule has 3 aromatic rings. The zero-order chi connectivity index (χ0) is 19.8. The number of hydrogen-bond acceptors (Lipinski definition) is 8. The normalized spacial score (nSPS) is 24.1. The maximum Gasteiger partial charge on any atom is 0.224 e. The van der Waals surface area contributed by atoms with Crippen LogP contribution in [0, 0.1) is 11.8 Å². The zero-order valence-electron chi connectivity index (χ0n) is 16.1. The Kier molecular flexibility index (Phi) is 5.07. The van der Waals surface area contributed by atoms with Gasteiger partial charge in [0, 0.05) is 31.3 Å². The minimum absolute atomic E-state index is 0.00203. The second-order valence-corrected chi connectivity index (χ2v) is 9.12.